The van der Waals surface area contributed by atoms with E-state index >= 15 is 0 Å². The van der Waals surface area contributed by atoms with Crippen LogP contribution >= 0.6 is 15.9 Å². The summed E-state index contributed by atoms with van der Waals surface area (Å²) < 4.78 is 13.5. The average Bonchev–Trinajstić information content (AvgIpc) is 2.26. The Kier molecular flexibility index (Phi) is 7.17. The Balaban J connectivity index is 0.00000106. The van der Waals surface area contributed by atoms with Crippen molar-refractivity contribution in [3.63, 3.8) is 0 Å². The van der Waals surface area contributed by atoms with Crippen LogP contribution < -0.4 is 5.73 Å². The lowest BCUT2D eigenvalue weighted by Gasteiger charge is -2.11. The first-order chi connectivity index (χ1) is 7.56. The van der Waals surface area contributed by atoms with E-state index in [0.29, 0.717) is 10.0 Å². The zero-order chi connectivity index (χ0) is 12.7. The molecule has 1 aromatic carbocycles. The molecular formula is C12H17BrFNO. The summed E-state index contributed by atoms with van der Waals surface area (Å²) in [7, 11) is 0. The van der Waals surface area contributed by atoms with Gasteiger partial charge < -0.3 is 5.73 Å². The summed E-state index contributed by atoms with van der Waals surface area (Å²) in [5.41, 5.74) is 6.06. The van der Waals surface area contributed by atoms with Gasteiger partial charge in [-0.3, -0.25) is 4.79 Å². The van der Waals surface area contributed by atoms with Gasteiger partial charge in [0.1, 0.15) is 11.6 Å². The van der Waals surface area contributed by atoms with E-state index in [0.717, 1.165) is 0 Å². The number of halogens is 2. The van der Waals surface area contributed by atoms with Crippen molar-refractivity contribution in [3.05, 3.63) is 34.1 Å². The zero-order valence-corrected chi connectivity index (χ0v) is 11.3. The fraction of sp³-hybridized carbons (Fsp3) is 0.417. The van der Waals surface area contributed by atoms with Crippen LogP contribution in [0, 0.1) is 5.82 Å². The van der Waals surface area contributed by atoms with Gasteiger partial charge in [-0.15, -0.1) is 0 Å². The van der Waals surface area contributed by atoms with Crippen LogP contribution in [0.1, 0.15) is 32.3 Å². The first-order valence-corrected chi connectivity index (χ1v) is 6.01. The van der Waals surface area contributed by atoms with Crippen LogP contribution in [0.25, 0.3) is 0 Å². The van der Waals surface area contributed by atoms with E-state index in [1.54, 1.807) is 12.1 Å². The van der Waals surface area contributed by atoms with E-state index in [-0.39, 0.29) is 18.1 Å². The minimum atomic E-state index is -0.405. The Hall–Kier alpha value is -0.740. The standard InChI is InChI=1S/C10H11BrFNO.C2H6/c1-6(14)8(5-13)7-2-3-9(11)10(12)4-7;1-2/h2-4,8H,5,13H2,1H3;1-2H3. The van der Waals surface area contributed by atoms with Gasteiger partial charge in [0, 0.05) is 6.54 Å². The summed E-state index contributed by atoms with van der Waals surface area (Å²) in [6.07, 6.45) is 0. The molecule has 1 atom stereocenters. The molecule has 0 saturated carbocycles. The van der Waals surface area contributed by atoms with E-state index < -0.39 is 5.92 Å². The van der Waals surface area contributed by atoms with Crippen molar-refractivity contribution in [1.29, 1.82) is 0 Å². The van der Waals surface area contributed by atoms with Crippen molar-refractivity contribution in [2.24, 2.45) is 5.73 Å². The molecule has 1 unspecified atom stereocenters. The maximum atomic E-state index is 13.1. The molecule has 0 saturated heterocycles. The fourth-order valence-corrected chi connectivity index (χ4v) is 1.51. The van der Waals surface area contributed by atoms with Gasteiger partial charge in [-0.25, -0.2) is 4.39 Å². The number of carbonyl (C=O) groups is 1. The lowest BCUT2D eigenvalue weighted by Crippen LogP contribution is -2.19. The lowest BCUT2D eigenvalue weighted by molar-refractivity contribution is -0.118. The number of hydrogen-bond acceptors (Lipinski definition) is 2. The highest BCUT2D eigenvalue weighted by atomic mass is 79.9. The minimum absolute atomic E-state index is 0.0470. The molecule has 2 nitrogen and oxygen atoms in total. The van der Waals surface area contributed by atoms with Gasteiger partial charge in [-0.1, -0.05) is 19.9 Å². The summed E-state index contributed by atoms with van der Waals surface area (Å²) in [5.74, 6) is -0.825. The van der Waals surface area contributed by atoms with Gasteiger partial charge >= 0.3 is 0 Å². The van der Waals surface area contributed by atoms with Gasteiger partial charge in [0.2, 0.25) is 0 Å². The zero-order valence-electron chi connectivity index (χ0n) is 9.76. The molecule has 16 heavy (non-hydrogen) atoms. The van der Waals surface area contributed by atoms with Crippen LogP contribution in [-0.2, 0) is 4.79 Å². The van der Waals surface area contributed by atoms with Crippen LogP contribution in [0.4, 0.5) is 4.39 Å². The predicted octanol–water partition coefficient (Wildman–Crippen LogP) is 3.25. The molecule has 0 aromatic heterocycles. The van der Waals surface area contributed by atoms with Gasteiger partial charge in [-0.05, 0) is 40.5 Å². The summed E-state index contributed by atoms with van der Waals surface area (Å²) in [4.78, 5) is 11.2. The highest BCUT2D eigenvalue weighted by Gasteiger charge is 2.15. The number of hydrogen-bond donors (Lipinski definition) is 1. The molecule has 2 N–H and O–H groups in total. The molecule has 0 aliphatic heterocycles. The molecule has 0 fully saturated rings. The summed E-state index contributed by atoms with van der Waals surface area (Å²) >= 11 is 3.05. The Morgan fingerprint density at radius 2 is 2.06 bits per heavy atom. The SMILES string of the molecule is CC.CC(=O)C(CN)c1ccc(Br)c(F)c1. The monoisotopic (exact) mass is 289 g/mol. The van der Waals surface area contributed by atoms with Gasteiger partial charge in [-0.2, -0.15) is 0 Å². The van der Waals surface area contributed by atoms with Crippen LogP contribution in [0.15, 0.2) is 22.7 Å². The molecule has 90 valence electrons. The van der Waals surface area contributed by atoms with Crippen LogP contribution in [0.3, 0.4) is 0 Å². The predicted molar refractivity (Wildman–Crippen MR) is 67.9 cm³/mol. The Morgan fingerprint density at radius 1 is 1.50 bits per heavy atom. The van der Waals surface area contributed by atoms with Gasteiger partial charge in [0.25, 0.3) is 0 Å². The Bertz CT molecular complexity index is 355. The van der Waals surface area contributed by atoms with Crippen LogP contribution in [0.2, 0.25) is 0 Å². The van der Waals surface area contributed by atoms with Crippen LogP contribution in [0.5, 0.6) is 0 Å². The van der Waals surface area contributed by atoms with Crippen molar-refractivity contribution in [2.45, 2.75) is 26.7 Å². The number of carbonyl (C=O) groups excluding carboxylic acids is 1. The lowest BCUT2D eigenvalue weighted by atomic mass is 9.96. The van der Waals surface area contributed by atoms with Crippen molar-refractivity contribution in [1.82, 2.24) is 0 Å². The van der Waals surface area contributed by atoms with Crippen molar-refractivity contribution < 1.29 is 9.18 Å². The number of nitrogens with two attached hydrogens (primary N) is 1. The molecule has 0 aliphatic rings. The van der Waals surface area contributed by atoms with Crippen molar-refractivity contribution in [3.8, 4) is 0 Å². The highest BCUT2D eigenvalue weighted by molar-refractivity contribution is 9.10. The van der Waals surface area contributed by atoms with Crippen molar-refractivity contribution >= 4 is 21.7 Å². The van der Waals surface area contributed by atoms with Crippen LogP contribution in [-0.4, -0.2) is 12.3 Å². The first kappa shape index (κ1) is 15.3. The molecule has 1 aromatic rings. The highest BCUT2D eigenvalue weighted by Crippen LogP contribution is 2.22. The number of Topliss-reactive ketones (excluding diaryl/α,β-unsaturated/α-hetero) is 1. The maximum absolute atomic E-state index is 13.1. The van der Waals surface area contributed by atoms with E-state index in [9.17, 15) is 9.18 Å². The Labute approximate surface area is 104 Å². The molecule has 4 heteroatoms. The second kappa shape index (κ2) is 7.52. The largest absolute Gasteiger partial charge is 0.329 e. The normalized spacial score (nSPS) is 11.4. The molecule has 0 spiro atoms. The van der Waals surface area contributed by atoms with Crippen molar-refractivity contribution in [2.75, 3.05) is 6.54 Å². The molecule has 0 radical (unpaired) electrons. The minimum Gasteiger partial charge on any atom is -0.329 e. The second-order valence-corrected chi connectivity index (χ2v) is 3.93. The Morgan fingerprint density at radius 3 is 2.44 bits per heavy atom. The number of ketones is 1. The summed E-state index contributed by atoms with van der Waals surface area (Å²) in [6.45, 7) is 5.66. The van der Waals surface area contributed by atoms with E-state index in [4.69, 9.17) is 5.73 Å². The molecule has 1 rings (SSSR count). The third kappa shape index (κ3) is 4.02. The maximum Gasteiger partial charge on any atom is 0.138 e. The second-order valence-electron chi connectivity index (χ2n) is 3.07. The van der Waals surface area contributed by atoms with E-state index in [2.05, 4.69) is 15.9 Å². The smallest absolute Gasteiger partial charge is 0.138 e. The van der Waals surface area contributed by atoms with E-state index in [1.807, 2.05) is 13.8 Å². The third-order valence-electron chi connectivity index (χ3n) is 2.07. The first-order valence-electron chi connectivity index (χ1n) is 5.21. The fourth-order valence-electron chi connectivity index (χ4n) is 1.27. The quantitative estimate of drug-likeness (QED) is 0.928. The molecule has 0 heterocycles. The van der Waals surface area contributed by atoms with E-state index in [1.165, 1.54) is 13.0 Å². The topological polar surface area (TPSA) is 43.1 Å². The van der Waals surface area contributed by atoms with Gasteiger partial charge in [0.15, 0.2) is 0 Å². The molecule has 0 aliphatic carbocycles. The summed E-state index contributed by atoms with van der Waals surface area (Å²) in [6, 6.07) is 4.62. The summed E-state index contributed by atoms with van der Waals surface area (Å²) in [5, 5.41) is 0. The average molecular weight is 290 g/mol. The number of benzene rings is 1. The molecule has 0 amide bonds. The van der Waals surface area contributed by atoms with Gasteiger partial charge in [0.05, 0.1) is 10.4 Å². The third-order valence-corrected chi connectivity index (χ3v) is 2.72. The number of rotatable bonds is 3. The molecule has 0 bridgehead atoms. The molecular weight excluding hydrogens is 273 g/mol.